The lowest BCUT2D eigenvalue weighted by Gasteiger charge is -2.34. The van der Waals surface area contributed by atoms with Gasteiger partial charge in [0.05, 0.1) is 13.2 Å². The third-order valence-corrected chi connectivity index (χ3v) is 10.9. The molecule has 0 bridgehead atoms. The zero-order chi connectivity index (χ0) is 39.5. The first-order valence-electron chi connectivity index (χ1n) is 19.1. The predicted octanol–water partition coefficient (Wildman–Crippen LogP) is 10.9. The van der Waals surface area contributed by atoms with E-state index >= 15 is 0 Å². The number of hydrogen-bond acceptors (Lipinski definition) is 6. The molecule has 0 saturated heterocycles. The summed E-state index contributed by atoms with van der Waals surface area (Å²) >= 11 is 0. The van der Waals surface area contributed by atoms with Crippen molar-refractivity contribution < 1.29 is 28.5 Å². The molecular formula is C48H58O6. The number of ether oxygens (including phenoxy) is 4. The van der Waals surface area contributed by atoms with Crippen LogP contribution in [0.2, 0.25) is 0 Å². The van der Waals surface area contributed by atoms with Crippen LogP contribution in [0.4, 0.5) is 0 Å². The Hall–Kier alpha value is -4.52. The molecule has 0 N–H and O–H groups in total. The fourth-order valence-corrected chi connectivity index (χ4v) is 7.52. The molecule has 6 heteroatoms. The smallest absolute Gasteiger partial charge is 0.186 e. The van der Waals surface area contributed by atoms with Gasteiger partial charge in [-0.2, -0.15) is 0 Å². The van der Waals surface area contributed by atoms with Crippen molar-refractivity contribution in [2.45, 2.75) is 115 Å². The van der Waals surface area contributed by atoms with Crippen molar-refractivity contribution in [3.8, 4) is 11.5 Å². The lowest BCUT2D eigenvalue weighted by atomic mass is 9.69. The summed E-state index contributed by atoms with van der Waals surface area (Å²) in [5.41, 5.74) is 1.81. The Balaban J connectivity index is 1.42. The van der Waals surface area contributed by atoms with Crippen LogP contribution in [-0.2, 0) is 24.5 Å². The highest BCUT2D eigenvalue weighted by Gasteiger charge is 2.45. The largest absolute Gasteiger partial charge is 0.488 e. The molecule has 0 aromatic heterocycles. The molecule has 0 aliphatic heterocycles. The van der Waals surface area contributed by atoms with Gasteiger partial charge in [-0.25, -0.2) is 0 Å². The number of carbonyl (C=O) groups is 2. The van der Waals surface area contributed by atoms with Gasteiger partial charge in [0.2, 0.25) is 0 Å². The van der Waals surface area contributed by atoms with Gasteiger partial charge in [0.25, 0.3) is 0 Å². The topological polar surface area (TPSA) is 71.1 Å². The van der Waals surface area contributed by atoms with E-state index in [1.807, 2.05) is 27.7 Å². The highest BCUT2D eigenvalue weighted by molar-refractivity contribution is 5.96. The van der Waals surface area contributed by atoms with Crippen molar-refractivity contribution in [1.82, 2.24) is 0 Å². The molecule has 1 unspecified atom stereocenters. The van der Waals surface area contributed by atoms with Gasteiger partial charge in [-0.3, -0.25) is 9.59 Å². The second-order valence-corrected chi connectivity index (χ2v) is 16.9. The first kappa shape index (κ1) is 40.7. The molecule has 1 aliphatic rings. The van der Waals surface area contributed by atoms with E-state index in [9.17, 15) is 9.59 Å². The molecular weight excluding hydrogens is 673 g/mol. The van der Waals surface area contributed by atoms with Gasteiger partial charge in [0.15, 0.2) is 11.6 Å². The molecule has 5 rings (SSSR count). The van der Waals surface area contributed by atoms with Crippen molar-refractivity contribution in [2.75, 3.05) is 13.2 Å². The first-order valence-corrected chi connectivity index (χ1v) is 19.1. The van der Waals surface area contributed by atoms with Crippen molar-refractivity contribution in [2.24, 2.45) is 0 Å². The van der Waals surface area contributed by atoms with Crippen LogP contribution in [0.25, 0.3) is 10.8 Å². The Morgan fingerprint density at radius 3 is 1.48 bits per heavy atom. The van der Waals surface area contributed by atoms with Gasteiger partial charge in [-0.1, -0.05) is 74.7 Å². The van der Waals surface area contributed by atoms with Crippen LogP contribution in [0, 0.1) is 0 Å². The summed E-state index contributed by atoms with van der Waals surface area (Å²) in [5.74, 6) is 1.60. The lowest BCUT2D eigenvalue weighted by molar-refractivity contribution is -0.136. The average molecular weight is 731 g/mol. The van der Waals surface area contributed by atoms with Gasteiger partial charge in [-0.15, -0.1) is 0 Å². The highest BCUT2D eigenvalue weighted by atomic mass is 16.5. The Labute approximate surface area is 322 Å². The van der Waals surface area contributed by atoms with Crippen molar-refractivity contribution in [1.29, 1.82) is 0 Å². The monoisotopic (exact) mass is 730 g/mol. The summed E-state index contributed by atoms with van der Waals surface area (Å²) < 4.78 is 24.9. The van der Waals surface area contributed by atoms with E-state index in [-0.39, 0.29) is 11.6 Å². The maximum Gasteiger partial charge on any atom is 0.186 e. The quantitative estimate of drug-likeness (QED) is 0.0949. The third kappa shape index (κ3) is 8.88. The molecule has 0 amide bonds. The van der Waals surface area contributed by atoms with E-state index in [1.54, 1.807) is 27.7 Å². The van der Waals surface area contributed by atoms with E-state index in [1.165, 1.54) is 45.2 Å². The van der Waals surface area contributed by atoms with Crippen LogP contribution in [0.15, 0.2) is 110 Å². The van der Waals surface area contributed by atoms with Crippen LogP contribution in [0.1, 0.15) is 110 Å². The minimum absolute atomic E-state index is 0.142. The van der Waals surface area contributed by atoms with E-state index in [4.69, 9.17) is 18.9 Å². The molecule has 6 nitrogen and oxygen atoms in total. The number of fused-ring (bicyclic) bond motifs is 2. The van der Waals surface area contributed by atoms with Gasteiger partial charge >= 0.3 is 0 Å². The Morgan fingerprint density at radius 2 is 1.07 bits per heavy atom. The van der Waals surface area contributed by atoms with E-state index in [0.717, 1.165) is 17.9 Å². The molecule has 0 spiro atoms. The van der Waals surface area contributed by atoms with E-state index in [0.29, 0.717) is 32.0 Å². The van der Waals surface area contributed by atoms with Crippen LogP contribution in [-0.4, -0.2) is 47.2 Å². The van der Waals surface area contributed by atoms with Gasteiger partial charge in [-0.05, 0) is 143 Å². The second-order valence-electron chi connectivity index (χ2n) is 16.9. The molecule has 0 heterocycles. The number of hydrogen-bond donors (Lipinski definition) is 0. The summed E-state index contributed by atoms with van der Waals surface area (Å²) in [6, 6.07) is 30.4. The normalized spacial score (nSPS) is 15.8. The fraction of sp³-hybridized carbons (Fsp3) is 0.417. The average Bonchev–Trinajstić information content (AvgIpc) is 3.41. The zero-order valence-corrected chi connectivity index (χ0v) is 33.7. The predicted molar refractivity (Wildman–Crippen MR) is 219 cm³/mol. The van der Waals surface area contributed by atoms with Crippen LogP contribution < -0.4 is 9.47 Å². The summed E-state index contributed by atoms with van der Waals surface area (Å²) in [5, 5.41) is 2.47. The van der Waals surface area contributed by atoms with E-state index in [2.05, 4.69) is 105 Å². The number of ketones is 2. The fourth-order valence-electron chi connectivity index (χ4n) is 7.52. The van der Waals surface area contributed by atoms with Gasteiger partial charge in [0.1, 0.15) is 33.9 Å². The summed E-state index contributed by atoms with van der Waals surface area (Å²) in [6.07, 6.45) is 4.75. The van der Waals surface area contributed by atoms with Crippen LogP contribution in [0.3, 0.4) is 0 Å². The lowest BCUT2D eigenvalue weighted by Crippen LogP contribution is -2.37. The van der Waals surface area contributed by atoms with Crippen molar-refractivity contribution in [3.05, 3.63) is 132 Å². The van der Waals surface area contributed by atoms with Crippen molar-refractivity contribution in [3.63, 3.8) is 0 Å². The standard InChI is InChI=1S/C48H58O6/c1-12-42(49)46(8,9)51-28-26-44(4,5)53-38-22-18-36(19-23-38)48(32-33(3)40-30-34-16-14-15-17-35(34)31-41(40)48)37-20-24-39(25-21-37)54-45(6,7)27-29-52-47(10,11)43(50)13-2/h12-25,30-31,33H,1-2,26-29,32H2,3-11H3. The summed E-state index contributed by atoms with van der Waals surface area (Å²) in [7, 11) is 0. The molecule has 0 saturated carbocycles. The second kappa shape index (κ2) is 15.7. The Bertz CT molecular complexity index is 1880. The van der Waals surface area contributed by atoms with Gasteiger partial charge < -0.3 is 18.9 Å². The number of benzene rings is 4. The van der Waals surface area contributed by atoms with Crippen molar-refractivity contribution >= 4 is 22.3 Å². The van der Waals surface area contributed by atoms with Gasteiger partial charge in [0, 0.05) is 18.3 Å². The highest BCUT2D eigenvalue weighted by Crippen LogP contribution is 2.55. The SMILES string of the molecule is C=CC(=O)C(C)(C)OCCC(C)(C)Oc1ccc(C2(c3ccc(OC(C)(C)CCOC(C)(C)C(=O)C=C)cc3)CC(C)c3cc4ccccc4cc32)cc1. The first-order chi connectivity index (χ1) is 25.3. The Morgan fingerprint density at radius 1 is 0.667 bits per heavy atom. The molecule has 54 heavy (non-hydrogen) atoms. The minimum atomic E-state index is -0.922. The molecule has 1 aliphatic carbocycles. The summed E-state index contributed by atoms with van der Waals surface area (Å²) in [6.45, 7) is 25.5. The molecule has 0 fully saturated rings. The van der Waals surface area contributed by atoms with E-state index < -0.39 is 27.8 Å². The Kier molecular flexibility index (Phi) is 11.8. The molecule has 0 radical (unpaired) electrons. The van der Waals surface area contributed by atoms with Crippen LogP contribution in [0.5, 0.6) is 11.5 Å². The number of carbonyl (C=O) groups excluding carboxylic acids is 2. The maximum absolute atomic E-state index is 12.2. The minimum Gasteiger partial charge on any atom is -0.488 e. The summed E-state index contributed by atoms with van der Waals surface area (Å²) in [4.78, 5) is 24.3. The molecule has 1 atom stereocenters. The maximum atomic E-state index is 12.2. The molecule has 4 aromatic carbocycles. The van der Waals surface area contributed by atoms with Crippen LogP contribution >= 0.6 is 0 Å². The molecule has 286 valence electrons. The molecule has 4 aromatic rings. The zero-order valence-electron chi connectivity index (χ0n) is 33.7. The number of rotatable bonds is 18. The third-order valence-electron chi connectivity index (χ3n) is 10.9.